The number of rotatable bonds is 6. The van der Waals surface area contributed by atoms with Gasteiger partial charge < -0.3 is 9.84 Å². The molecule has 1 saturated heterocycles. The summed E-state index contributed by atoms with van der Waals surface area (Å²) in [6, 6.07) is 10.1. The lowest BCUT2D eigenvalue weighted by molar-refractivity contribution is -0.384. The summed E-state index contributed by atoms with van der Waals surface area (Å²) in [6.07, 6.45) is 1.66. The molecule has 0 radical (unpaired) electrons. The molecule has 2 heterocycles. The summed E-state index contributed by atoms with van der Waals surface area (Å²) in [5.41, 5.74) is 0.563. The maximum atomic E-state index is 13.5. The Labute approximate surface area is 187 Å². The second-order valence-electron chi connectivity index (χ2n) is 7.51. The molecule has 0 aliphatic carbocycles. The van der Waals surface area contributed by atoms with E-state index in [1.54, 1.807) is 12.1 Å². The monoisotopic (exact) mass is 459 g/mol. The van der Waals surface area contributed by atoms with Crippen molar-refractivity contribution in [1.29, 1.82) is 0 Å². The number of amides is 1. The number of piperidine rings is 1. The fraction of sp³-hybridized carbons (Fsp3) is 0.286. The van der Waals surface area contributed by atoms with Crippen LogP contribution < -0.4 is 5.32 Å². The van der Waals surface area contributed by atoms with Gasteiger partial charge in [0.15, 0.2) is 0 Å². The summed E-state index contributed by atoms with van der Waals surface area (Å²) < 4.78 is 18.9. The second kappa shape index (κ2) is 9.41. The zero-order chi connectivity index (χ0) is 22.7. The molecule has 4 rings (SSSR count). The Morgan fingerprint density at radius 2 is 2.19 bits per heavy atom. The van der Waals surface area contributed by atoms with Crippen LogP contribution in [-0.2, 0) is 4.79 Å². The molecule has 1 unspecified atom stereocenters. The number of benzene rings is 2. The first kappa shape index (κ1) is 21.8. The number of nitro groups is 1. The third-order valence-electron chi connectivity index (χ3n) is 5.17. The summed E-state index contributed by atoms with van der Waals surface area (Å²) in [7, 11) is 0. The van der Waals surface area contributed by atoms with E-state index in [2.05, 4.69) is 15.5 Å². The van der Waals surface area contributed by atoms with E-state index in [4.69, 9.17) is 16.1 Å². The van der Waals surface area contributed by atoms with Crippen molar-refractivity contribution in [2.45, 2.75) is 18.8 Å². The third-order valence-corrected chi connectivity index (χ3v) is 5.49. The van der Waals surface area contributed by atoms with Crippen molar-refractivity contribution in [3.05, 3.63) is 69.3 Å². The summed E-state index contributed by atoms with van der Waals surface area (Å²) >= 11 is 5.81. The highest BCUT2D eigenvalue weighted by molar-refractivity contribution is 6.32. The van der Waals surface area contributed by atoms with E-state index in [0.29, 0.717) is 29.5 Å². The van der Waals surface area contributed by atoms with Gasteiger partial charge in [0, 0.05) is 23.9 Å². The van der Waals surface area contributed by atoms with Crippen molar-refractivity contribution < 1.29 is 18.6 Å². The summed E-state index contributed by atoms with van der Waals surface area (Å²) in [6.45, 7) is 1.37. The topological polar surface area (TPSA) is 114 Å². The van der Waals surface area contributed by atoms with Gasteiger partial charge in [0.1, 0.15) is 10.8 Å². The van der Waals surface area contributed by atoms with Gasteiger partial charge in [-0.05, 0) is 43.7 Å². The van der Waals surface area contributed by atoms with Crippen molar-refractivity contribution in [2.24, 2.45) is 0 Å². The van der Waals surface area contributed by atoms with Gasteiger partial charge in [-0.25, -0.2) is 4.39 Å². The van der Waals surface area contributed by atoms with Gasteiger partial charge in [-0.1, -0.05) is 28.9 Å². The second-order valence-corrected chi connectivity index (χ2v) is 7.92. The molecule has 1 amide bonds. The Morgan fingerprint density at radius 1 is 1.34 bits per heavy atom. The van der Waals surface area contributed by atoms with Crippen molar-refractivity contribution in [3.8, 4) is 11.4 Å². The summed E-state index contributed by atoms with van der Waals surface area (Å²) in [4.78, 5) is 29.3. The fourth-order valence-electron chi connectivity index (χ4n) is 3.68. The lowest BCUT2D eigenvalue weighted by atomic mass is 9.98. The molecule has 0 bridgehead atoms. The lowest BCUT2D eigenvalue weighted by Crippen LogP contribution is -2.39. The third kappa shape index (κ3) is 5.09. The van der Waals surface area contributed by atoms with Crippen LogP contribution in [0.3, 0.4) is 0 Å². The Kier molecular flexibility index (Phi) is 6.42. The number of halogens is 2. The van der Waals surface area contributed by atoms with Gasteiger partial charge in [0.25, 0.3) is 5.69 Å². The molecule has 1 atom stereocenters. The van der Waals surface area contributed by atoms with E-state index in [-0.39, 0.29) is 34.9 Å². The van der Waals surface area contributed by atoms with E-state index in [9.17, 15) is 19.3 Å². The zero-order valence-corrected chi connectivity index (χ0v) is 17.6. The highest BCUT2D eigenvalue weighted by Gasteiger charge is 2.27. The van der Waals surface area contributed by atoms with Gasteiger partial charge in [0.05, 0.1) is 17.4 Å². The molecule has 11 heteroatoms. The minimum absolute atomic E-state index is 0.00374. The van der Waals surface area contributed by atoms with E-state index in [0.717, 1.165) is 19.4 Å². The molecule has 0 spiro atoms. The van der Waals surface area contributed by atoms with Crippen LogP contribution in [0.5, 0.6) is 0 Å². The number of aromatic nitrogens is 2. The molecule has 166 valence electrons. The normalized spacial score (nSPS) is 16.6. The SMILES string of the molecule is O=C(CN1CCCC(c2nc(-c3cccc(F)c3)no2)C1)Nc1ccc(Cl)c([N+](=O)[O-])c1. The molecule has 9 nitrogen and oxygen atoms in total. The summed E-state index contributed by atoms with van der Waals surface area (Å²) in [5.74, 6) is 0.0346. The first-order chi connectivity index (χ1) is 15.4. The number of nitrogens with zero attached hydrogens (tertiary/aromatic N) is 4. The first-order valence-corrected chi connectivity index (χ1v) is 10.3. The van der Waals surface area contributed by atoms with Crippen LogP contribution in [0.1, 0.15) is 24.7 Å². The van der Waals surface area contributed by atoms with Gasteiger partial charge in [-0.3, -0.25) is 19.8 Å². The van der Waals surface area contributed by atoms with Crippen molar-refractivity contribution >= 4 is 28.9 Å². The average Bonchev–Trinajstić information content (AvgIpc) is 3.25. The van der Waals surface area contributed by atoms with Crippen LogP contribution in [-0.4, -0.2) is 45.5 Å². The number of anilines is 1. The Bertz CT molecular complexity index is 1150. The predicted octanol–water partition coefficient (Wildman–Crippen LogP) is 4.26. The van der Waals surface area contributed by atoms with Crippen LogP contribution in [0.25, 0.3) is 11.4 Å². The molecule has 3 aromatic rings. The molecule has 2 aromatic carbocycles. The van der Waals surface area contributed by atoms with Gasteiger partial charge >= 0.3 is 0 Å². The van der Waals surface area contributed by atoms with Crippen LogP contribution in [0.4, 0.5) is 15.8 Å². The number of carbonyl (C=O) groups is 1. The molecule has 32 heavy (non-hydrogen) atoms. The van der Waals surface area contributed by atoms with Crippen LogP contribution in [0.15, 0.2) is 47.0 Å². The predicted molar refractivity (Wildman–Crippen MR) is 115 cm³/mol. The molecule has 1 aromatic heterocycles. The maximum absolute atomic E-state index is 13.5. The molecule has 1 aliphatic rings. The molecular weight excluding hydrogens is 441 g/mol. The molecule has 1 N–H and O–H groups in total. The number of hydrogen-bond donors (Lipinski definition) is 1. The van der Waals surface area contributed by atoms with Crippen LogP contribution in [0, 0.1) is 15.9 Å². The zero-order valence-electron chi connectivity index (χ0n) is 16.8. The number of carbonyl (C=O) groups excluding carboxylic acids is 1. The van der Waals surface area contributed by atoms with Gasteiger partial charge in [-0.15, -0.1) is 0 Å². The van der Waals surface area contributed by atoms with E-state index in [1.165, 1.54) is 30.3 Å². The smallest absolute Gasteiger partial charge is 0.289 e. The molecule has 0 saturated carbocycles. The molecular formula is C21H19ClFN5O4. The van der Waals surface area contributed by atoms with Gasteiger partial charge in [-0.2, -0.15) is 4.98 Å². The van der Waals surface area contributed by atoms with E-state index >= 15 is 0 Å². The first-order valence-electron chi connectivity index (χ1n) is 9.95. The highest BCUT2D eigenvalue weighted by atomic mass is 35.5. The fourth-order valence-corrected chi connectivity index (χ4v) is 3.87. The van der Waals surface area contributed by atoms with Crippen molar-refractivity contribution in [2.75, 3.05) is 25.0 Å². The van der Waals surface area contributed by atoms with Crippen molar-refractivity contribution in [1.82, 2.24) is 15.0 Å². The highest BCUT2D eigenvalue weighted by Crippen LogP contribution is 2.29. The molecule has 1 aliphatic heterocycles. The Morgan fingerprint density at radius 3 is 2.97 bits per heavy atom. The number of hydrogen-bond acceptors (Lipinski definition) is 7. The minimum Gasteiger partial charge on any atom is -0.339 e. The van der Waals surface area contributed by atoms with E-state index in [1.807, 2.05) is 4.90 Å². The Hall–Kier alpha value is -3.37. The van der Waals surface area contributed by atoms with Gasteiger partial charge in [0.2, 0.25) is 17.6 Å². The van der Waals surface area contributed by atoms with Crippen LogP contribution in [0.2, 0.25) is 5.02 Å². The number of nitro benzene ring substituents is 1. The standard InChI is InChI=1S/C21H19ClFN5O4/c22-17-7-6-16(10-18(17)28(30)31)24-19(29)12-27-8-2-4-14(11-27)21-25-20(26-32-21)13-3-1-5-15(23)9-13/h1,3,5-7,9-10,14H,2,4,8,11-12H2,(H,24,29). The number of likely N-dealkylation sites (tertiary alicyclic amines) is 1. The molecule has 1 fully saturated rings. The quantitative estimate of drug-likeness (QED) is 0.432. The average molecular weight is 460 g/mol. The van der Waals surface area contributed by atoms with Crippen LogP contribution >= 0.6 is 11.6 Å². The maximum Gasteiger partial charge on any atom is 0.289 e. The lowest BCUT2D eigenvalue weighted by Gasteiger charge is -2.30. The Balaban J connectivity index is 1.38. The number of nitrogens with one attached hydrogen (secondary N) is 1. The summed E-state index contributed by atoms with van der Waals surface area (Å²) in [5, 5.41) is 17.6. The largest absolute Gasteiger partial charge is 0.339 e. The minimum atomic E-state index is -0.601. The van der Waals surface area contributed by atoms with Crippen molar-refractivity contribution in [3.63, 3.8) is 0 Å². The van der Waals surface area contributed by atoms with E-state index < -0.39 is 4.92 Å².